The smallest absolute Gasteiger partial charge is 0.247 e. The molecule has 4 fully saturated rings. The number of rotatable bonds is 22. The van der Waals surface area contributed by atoms with Crippen molar-refractivity contribution in [2.24, 2.45) is 5.41 Å². The van der Waals surface area contributed by atoms with Gasteiger partial charge in [0.05, 0.1) is 84.1 Å². The molecule has 22 nitrogen and oxygen atoms in total. The molecule has 482 valence electrons. The van der Waals surface area contributed by atoms with Gasteiger partial charge in [-0.1, -0.05) is 73.4 Å². The lowest BCUT2D eigenvalue weighted by Gasteiger charge is -2.43. The number of amides is 4. The van der Waals surface area contributed by atoms with Crippen LogP contribution in [0.5, 0.6) is 23.0 Å². The molecule has 4 aliphatic rings. The fraction of sp³-hybridized carbons (Fsp3) is 0.385. The summed E-state index contributed by atoms with van der Waals surface area (Å²) in [7, 11) is 9.09. The van der Waals surface area contributed by atoms with Gasteiger partial charge in [0.1, 0.15) is 58.9 Å². The van der Waals surface area contributed by atoms with E-state index in [4.69, 9.17) is 65.4 Å². The summed E-state index contributed by atoms with van der Waals surface area (Å²) in [6.07, 6.45) is 9.70. The highest BCUT2D eigenvalue weighted by molar-refractivity contribution is 6.39. The van der Waals surface area contributed by atoms with Gasteiger partial charge in [0.15, 0.2) is 0 Å². The number of hydrogen-bond acceptors (Lipinski definition) is 18. The van der Waals surface area contributed by atoms with Gasteiger partial charge in [-0.2, -0.15) is 0 Å². The molecule has 10 rings (SSSR count). The van der Waals surface area contributed by atoms with Crippen LogP contribution in [0.2, 0.25) is 20.1 Å². The predicted octanol–water partition coefficient (Wildman–Crippen LogP) is 11.3. The Balaban J connectivity index is 0.000000215. The molecule has 4 aromatic carbocycles. The van der Waals surface area contributed by atoms with Gasteiger partial charge >= 0.3 is 0 Å². The van der Waals surface area contributed by atoms with E-state index < -0.39 is 0 Å². The Morgan fingerprint density at radius 2 is 0.989 bits per heavy atom. The van der Waals surface area contributed by atoms with E-state index in [1.54, 1.807) is 38.4 Å². The molecule has 1 unspecified atom stereocenters. The van der Waals surface area contributed by atoms with E-state index in [0.29, 0.717) is 85.6 Å². The number of aromatic nitrogens is 4. The molecular weight excluding hydrogens is 1250 g/mol. The number of carbonyl (C=O) groups excluding carboxylic acids is 4. The maximum Gasteiger partial charge on any atom is 0.247 e. The summed E-state index contributed by atoms with van der Waals surface area (Å²) in [5.74, 6) is 1.63. The number of halogens is 4. The highest BCUT2D eigenvalue weighted by Crippen LogP contribution is 2.47. The molecule has 3 aliphatic heterocycles. The Bertz CT molecular complexity index is 3670. The normalized spacial score (nSPS) is 16.5. The van der Waals surface area contributed by atoms with E-state index >= 15 is 0 Å². The van der Waals surface area contributed by atoms with Crippen LogP contribution in [0.25, 0.3) is 0 Å². The van der Waals surface area contributed by atoms with Crippen molar-refractivity contribution in [2.45, 2.75) is 57.9 Å². The van der Waals surface area contributed by atoms with Gasteiger partial charge in [-0.05, 0) is 93.9 Å². The number of hydrogen-bond donors (Lipinski definition) is 4. The second-order valence-corrected chi connectivity index (χ2v) is 24.2. The van der Waals surface area contributed by atoms with Gasteiger partial charge < -0.3 is 54.9 Å². The molecule has 4 amide bonds. The first-order valence-electron chi connectivity index (χ1n) is 29.7. The minimum Gasteiger partial charge on any atom is -0.495 e. The number of likely N-dealkylation sites (tertiary alicyclic amines) is 1. The van der Waals surface area contributed by atoms with E-state index in [-0.39, 0.29) is 62.1 Å². The number of nitrogens with zero attached hydrogens (tertiary/aromatic N) is 10. The Labute approximate surface area is 550 Å². The molecule has 2 aromatic heterocycles. The van der Waals surface area contributed by atoms with Crippen LogP contribution in [0.3, 0.4) is 0 Å². The molecule has 1 saturated carbocycles. The summed E-state index contributed by atoms with van der Waals surface area (Å²) in [5, 5.41) is 13.3. The first-order chi connectivity index (χ1) is 43.7. The predicted molar refractivity (Wildman–Crippen MR) is 362 cm³/mol. The molecule has 1 atom stereocenters. The van der Waals surface area contributed by atoms with Crippen LogP contribution in [0.4, 0.5) is 57.4 Å². The van der Waals surface area contributed by atoms with Crippen LogP contribution >= 0.6 is 46.4 Å². The Morgan fingerprint density at radius 3 is 1.38 bits per heavy atom. The van der Waals surface area contributed by atoms with Crippen LogP contribution in [0, 0.1) is 5.41 Å². The monoisotopic (exact) mass is 1320 g/mol. The summed E-state index contributed by atoms with van der Waals surface area (Å²) >= 11 is 26.0. The summed E-state index contributed by atoms with van der Waals surface area (Å²) in [4.78, 5) is 81.5. The SMILES string of the molecule is C=CC(=O)Nc1cc(N2CCC3(CCN(CC)C3)C2)ccc1Nc1cc(N(C)C(=O)Cc2c(Cl)c(OC)cc(OC)c2Cl)ncn1.C=CC(=O)Nc1cc(N2CCN(CC)C3(CC3)C2)ccc1Nc1cc(N(C)C(=O)Cc2c(Cl)c(OC)cc(OC)c2Cl)ncn1. The third-order valence-corrected chi connectivity index (χ3v) is 18.9. The van der Waals surface area contributed by atoms with E-state index in [0.717, 1.165) is 76.7 Å². The van der Waals surface area contributed by atoms with Crippen molar-refractivity contribution < 1.29 is 38.1 Å². The Hall–Kier alpha value is -8.12. The standard InChI is InChI=1S/C33H39Cl2N7O4.C32H37Cl2N7O4/c1-6-29(43)39-24-14-21(42-13-11-33(19-42)10-12-41(7-2)18-33)8-9-23(24)38-27-17-28(37-20-36-27)40(3)30(44)15-22-31(34)25(45-4)16-26(46-5)32(22)35;1-6-28(42)38-23-14-20(40-12-13-41(7-2)32(18-40)10-11-32)8-9-22(23)37-26-17-27(36-19-35-26)39(3)29(43)15-21-30(33)24(44-4)16-25(45-5)31(21)34/h6,8-9,14,16-17,20H,1,7,10-13,15,18-19H2,2-5H3,(H,39,43)(H,36,37,38);6,8-9,14,16-17,19H,1,7,10-13,15,18H2,2-5H3,(H,38,42)(H,35,36,37). The second kappa shape index (κ2) is 29.4. The number of methoxy groups -OCH3 is 4. The lowest BCUT2D eigenvalue weighted by molar-refractivity contribution is -0.118. The highest BCUT2D eigenvalue weighted by atomic mass is 35.5. The number of anilines is 10. The number of likely N-dealkylation sites (N-methyl/N-ethyl adjacent to an activating group) is 3. The topological polar surface area (TPSA) is 224 Å². The van der Waals surface area contributed by atoms with Crippen molar-refractivity contribution in [3.8, 4) is 23.0 Å². The van der Waals surface area contributed by atoms with Crippen LogP contribution in [0.1, 0.15) is 50.7 Å². The van der Waals surface area contributed by atoms with E-state index in [1.165, 1.54) is 82.3 Å². The minimum atomic E-state index is -0.329. The molecule has 91 heavy (non-hydrogen) atoms. The zero-order chi connectivity index (χ0) is 65.3. The van der Waals surface area contributed by atoms with Crippen molar-refractivity contribution in [2.75, 3.05) is 142 Å². The second-order valence-electron chi connectivity index (χ2n) is 22.7. The molecule has 26 heteroatoms. The van der Waals surface area contributed by atoms with Gasteiger partial charge in [-0.15, -0.1) is 0 Å². The Morgan fingerprint density at radius 1 is 0.549 bits per heavy atom. The fourth-order valence-electron chi connectivity index (χ4n) is 11.8. The summed E-state index contributed by atoms with van der Waals surface area (Å²) in [6.45, 7) is 20.9. The summed E-state index contributed by atoms with van der Waals surface area (Å²) in [5.41, 5.74) is 5.83. The largest absolute Gasteiger partial charge is 0.495 e. The first kappa shape index (κ1) is 67.3. The number of nitrogens with one attached hydrogen (secondary N) is 4. The van der Waals surface area contributed by atoms with Crippen molar-refractivity contribution in [1.29, 1.82) is 0 Å². The van der Waals surface area contributed by atoms with Gasteiger partial charge in [-0.3, -0.25) is 33.9 Å². The zero-order valence-corrected chi connectivity index (χ0v) is 55.4. The lowest BCUT2D eigenvalue weighted by atomic mass is 9.86. The van der Waals surface area contributed by atoms with Gasteiger partial charge in [0.2, 0.25) is 23.6 Å². The number of carbonyl (C=O) groups is 4. The molecule has 0 bridgehead atoms. The molecule has 4 N–H and O–H groups in total. The summed E-state index contributed by atoms with van der Waals surface area (Å²) < 4.78 is 21.3. The number of benzene rings is 4. The van der Waals surface area contributed by atoms with Crippen molar-refractivity contribution >= 4 is 127 Å². The maximum atomic E-state index is 13.4. The third kappa shape index (κ3) is 15.3. The van der Waals surface area contributed by atoms with E-state index in [2.05, 4.69) is 87.8 Å². The van der Waals surface area contributed by atoms with Crippen LogP contribution in [0.15, 0.2) is 98.6 Å². The number of ether oxygens (including phenoxy) is 4. The molecular formula is C65H76Cl4N14O8. The maximum absolute atomic E-state index is 13.4. The Kier molecular flexibility index (Phi) is 21.8. The van der Waals surface area contributed by atoms with E-state index in [1.807, 2.05) is 36.4 Å². The van der Waals surface area contributed by atoms with Crippen LogP contribution in [-0.2, 0) is 32.0 Å². The first-order valence-corrected chi connectivity index (χ1v) is 31.2. The molecule has 0 radical (unpaired) electrons. The zero-order valence-electron chi connectivity index (χ0n) is 52.4. The lowest BCUT2D eigenvalue weighted by Crippen LogP contribution is -2.54. The molecule has 1 aliphatic carbocycles. The quantitative estimate of drug-likeness (QED) is 0.0464. The molecule has 2 spiro atoms. The van der Waals surface area contributed by atoms with E-state index in [9.17, 15) is 19.2 Å². The average molecular weight is 1320 g/mol. The van der Waals surface area contributed by atoms with Crippen LogP contribution < -0.4 is 59.8 Å². The summed E-state index contributed by atoms with van der Waals surface area (Å²) in [6, 6.07) is 18.3. The highest BCUT2D eigenvalue weighted by Gasteiger charge is 2.50. The van der Waals surface area contributed by atoms with Crippen molar-refractivity contribution in [3.05, 3.63) is 130 Å². The minimum absolute atomic E-state index is 0.123. The molecule has 3 saturated heterocycles. The molecule has 5 heterocycles. The fourth-order valence-corrected chi connectivity index (χ4v) is 13.1. The van der Waals surface area contributed by atoms with Crippen molar-refractivity contribution in [1.82, 2.24) is 29.7 Å². The van der Waals surface area contributed by atoms with Gasteiger partial charge in [-0.25, -0.2) is 19.9 Å². The third-order valence-electron chi connectivity index (χ3n) is 17.3. The van der Waals surface area contributed by atoms with Crippen molar-refractivity contribution in [3.63, 3.8) is 0 Å². The van der Waals surface area contributed by atoms with Gasteiger partial charge in [0, 0.05) is 111 Å². The average Bonchev–Trinajstić information content (AvgIpc) is 1.68. The molecule has 6 aromatic rings. The van der Waals surface area contributed by atoms with Gasteiger partial charge in [0.25, 0.3) is 0 Å². The van der Waals surface area contributed by atoms with Crippen LogP contribution in [-0.4, -0.2) is 160 Å². The number of piperazine rings is 1.